The van der Waals surface area contributed by atoms with Crippen LogP contribution in [0.1, 0.15) is 49.9 Å². The Balaban J connectivity index is 2.01. The van der Waals surface area contributed by atoms with Crippen LogP contribution in [0.5, 0.6) is 0 Å². The zero-order valence-electron chi connectivity index (χ0n) is 18.6. The number of rotatable bonds is 9. The van der Waals surface area contributed by atoms with Gasteiger partial charge in [0.15, 0.2) is 5.69 Å². The molecule has 0 unspecified atom stereocenters. The molecule has 0 aliphatic heterocycles. The summed E-state index contributed by atoms with van der Waals surface area (Å²) < 4.78 is 1.34. The average Bonchev–Trinajstić information content (AvgIpc) is 2.81. The largest absolute Gasteiger partial charge is 0.383 e. The van der Waals surface area contributed by atoms with Crippen LogP contribution in [0.3, 0.4) is 0 Å². The molecule has 7 nitrogen and oxygen atoms in total. The molecular formula is C25H30N4O3. The Morgan fingerprint density at radius 3 is 2.19 bits per heavy atom. The first kappa shape index (κ1) is 23.1. The van der Waals surface area contributed by atoms with Gasteiger partial charge in [-0.15, -0.1) is 0 Å². The van der Waals surface area contributed by atoms with E-state index in [1.54, 1.807) is 12.1 Å². The number of anilines is 2. The standard InChI is InChI=1S/C25H30N4O3/c1-3-5-16-28(21-22(26)29(17-6-4-2)25(32)27-23(21)30)24(31)20-14-12-19(13-15-20)18-10-8-7-9-11-18/h7-15H,3-6,16-17,26H2,1-2H3,(H,27,30,32). The summed E-state index contributed by atoms with van der Waals surface area (Å²) in [6.07, 6.45) is 3.14. The molecule has 0 atom stereocenters. The van der Waals surface area contributed by atoms with E-state index in [-0.39, 0.29) is 17.4 Å². The minimum absolute atomic E-state index is 0.0255. The maximum atomic E-state index is 13.4. The van der Waals surface area contributed by atoms with Gasteiger partial charge in [0.25, 0.3) is 11.5 Å². The van der Waals surface area contributed by atoms with Crippen molar-refractivity contribution in [1.82, 2.24) is 9.55 Å². The highest BCUT2D eigenvalue weighted by Gasteiger charge is 2.25. The van der Waals surface area contributed by atoms with Crippen LogP contribution in [0, 0.1) is 0 Å². The fourth-order valence-corrected chi connectivity index (χ4v) is 3.60. The van der Waals surface area contributed by atoms with Gasteiger partial charge in [-0.2, -0.15) is 0 Å². The van der Waals surface area contributed by atoms with Crippen molar-refractivity contribution in [3.8, 4) is 11.1 Å². The zero-order valence-corrected chi connectivity index (χ0v) is 18.6. The number of carbonyl (C=O) groups is 1. The number of H-pyrrole nitrogens is 1. The topological polar surface area (TPSA) is 101 Å². The van der Waals surface area contributed by atoms with Crippen molar-refractivity contribution in [3.63, 3.8) is 0 Å². The number of nitrogens with zero attached hydrogens (tertiary/aromatic N) is 2. The fraction of sp³-hybridized carbons (Fsp3) is 0.320. The van der Waals surface area contributed by atoms with Gasteiger partial charge < -0.3 is 10.6 Å². The molecular weight excluding hydrogens is 404 g/mol. The van der Waals surface area contributed by atoms with Crippen molar-refractivity contribution in [1.29, 1.82) is 0 Å². The predicted molar refractivity (Wildman–Crippen MR) is 129 cm³/mol. The number of benzene rings is 2. The van der Waals surface area contributed by atoms with E-state index in [4.69, 9.17) is 5.73 Å². The second-order valence-electron chi connectivity index (χ2n) is 7.75. The maximum absolute atomic E-state index is 13.4. The number of hydrogen-bond donors (Lipinski definition) is 2. The van der Waals surface area contributed by atoms with E-state index in [9.17, 15) is 14.4 Å². The molecule has 0 saturated carbocycles. The summed E-state index contributed by atoms with van der Waals surface area (Å²) in [5.41, 5.74) is 7.59. The Morgan fingerprint density at radius 1 is 0.938 bits per heavy atom. The molecule has 1 amide bonds. The third kappa shape index (κ3) is 4.99. The summed E-state index contributed by atoms with van der Waals surface area (Å²) in [6, 6.07) is 17.2. The van der Waals surface area contributed by atoms with Crippen LogP contribution in [0.15, 0.2) is 64.2 Å². The lowest BCUT2D eigenvalue weighted by atomic mass is 10.0. The molecule has 3 N–H and O–H groups in total. The van der Waals surface area contributed by atoms with E-state index in [2.05, 4.69) is 4.98 Å². The lowest BCUT2D eigenvalue weighted by Gasteiger charge is -2.24. The van der Waals surface area contributed by atoms with E-state index < -0.39 is 11.2 Å². The smallest absolute Gasteiger partial charge is 0.330 e. The third-order valence-corrected chi connectivity index (χ3v) is 5.44. The Morgan fingerprint density at radius 2 is 1.56 bits per heavy atom. The summed E-state index contributed by atoms with van der Waals surface area (Å²) in [5.74, 6) is -0.298. The van der Waals surface area contributed by atoms with Crippen molar-refractivity contribution < 1.29 is 4.79 Å². The molecule has 2 aromatic carbocycles. The molecule has 32 heavy (non-hydrogen) atoms. The highest BCUT2D eigenvalue weighted by molar-refractivity contribution is 6.07. The van der Waals surface area contributed by atoms with Crippen molar-refractivity contribution in [2.45, 2.75) is 46.1 Å². The van der Waals surface area contributed by atoms with Crippen LogP contribution < -0.4 is 21.9 Å². The molecule has 0 aliphatic rings. The second-order valence-corrected chi connectivity index (χ2v) is 7.75. The Hall–Kier alpha value is -3.61. The van der Waals surface area contributed by atoms with Gasteiger partial charge >= 0.3 is 5.69 Å². The van der Waals surface area contributed by atoms with E-state index >= 15 is 0 Å². The molecule has 7 heteroatoms. The molecule has 0 aliphatic carbocycles. The lowest BCUT2D eigenvalue weighted by molar-refractivity contribution is 0.0986. The van der Waals surface area contributed by atoms with E-state index in [1.165, 1.54) is 9.47 Å². The molecule has 1 aromatic heterocycles. The molecule has 0 saturated heterocycles. The van der Waals surface area contributed by atoms with Crippen LogP contribution in [0.4, 0.5) is 11.5 Å². The van der Waals surface area contributed by atoms with Gasteiger partial charge in [0.05, 0.1) is 0 Å². The van der Waals surface area contributed by atoms with Gasteiger partial charge in [-0.1, -0.05) is 69.2 Å². The van der Waals surface area contributed by atoms with E-state index in [1.807, 2.05) is 56.3 Å². The average molecular weight is 435 g/mol. The number of carbonyl (C=O) groups excluding carboxylic acids is 1. The van der Waals surface area contributed by atoms with E-state index in [0.717, 1.165) is 30.4 Å². The van der Waals surface area contributed by atoms with Crippen molar-refractivity contribution in [3.05, 3.63) is 81.0 Å². The summed E-state index contributed by atoms with van der Waals surface area (Å²) in [5, 5.41) is 0. The highest BCUT2D eigenvalue weighted by Crippen LogP contribution is 2.23. The monoisotopic (exact) mass is 434 g/mol. The lowest BCUT2D eigenvalue weighted by Crippen LogP contribution is -2.41. The maximum Gasteiger partial charge on any atom is 0.330 e. The first-order chi connectivity index (χ1) is 15.5. The Labute approximate surface area is 187 Å². The molecule has 3 aromatic rings. The number of aromatic nitrogens is 2. The number of nitrogens with two attached hydrogens (primary N) is 1. The third-order valence-electron chi connectivity index (χ3n) is 5.44. The van der Waals surface area contributed by atoms with Gasteiger partial charge in [-0.05, 0) is 36.1 Å². The summed E-state index contributed by atoms with van der Waals surface area (Å²) in [4.78, 5) is 42.2. The summed E-state index contributed by atoms with van der Waals surface area (Å²) in [6.45, 7) is 4.72. The normalized spacial score (nSPS) is 10.8. The molecule has 0 radical (unpaired) electrons. The first-order valence-electron chi connectivity index (χ1n) is 11.1. The first-order valence-corrected chi connectivity index (χ1v) is 11.1. The van der Waals surface area contributed by atoms with Gasteiger partial charge in [0.2, 0.25) is 0 Å². The van der Waals surface area contributed by atoms with Crippen molar-refractivity contribution >= 4 is 17.4 Å². The highest BCUT2D eigenvalue weighted by atomic mass is 16.2. The Kier molecular flexibility index (Phi) is 7.65. The van der Waals surface area contributed by atoms with Crippen LogP contribution in [0.25, 0.3) is 11.1 Å². The quantitative estimate of drug-likeness (QED) is 0.531. The zero-order chi connectivity index (χ0) is 23.1. The molecule has 0 bridgehead atoms. The minimum Gasteiger partial charge on any atom is -0.383 e. The van der Waals surface area contributed by atoms with Crippen LogP contribution in [-0.4, -0.2) is 22.0 Å². The fourth-order valence-electron chi connectivity index (χ4n) is 3.60. The molecule has 0 spiro atoms. The molecule has 1 heterocycles. The van der Waals surface area contributed by atoms with Crippen molar-refractivity contribution in [2.75, 3.05) is 17.2 Å². The Bertz CT molecular complexity index is 1160. The van der Waals surface area contributed by atoms with Gasteiger partial charge in [0.1, 0.15) is 5.82 Å². The number of aromatic amines is 1. The van der Waals surface area contributed by atoms with Gasteiger partial charge in [-0.25, -0.2) is 4.79 Å². The number of amides is 1. The number of nitrogens with one attached hydrogen (secondary N) is 1. The minimum atomic E-state index is -0.648. The van der Waals surface area contributed by atoms with Gasteiger partial charge in [0, 0.05) is 18.7 Å². The molecule has 168 valence electrons. The number of nitrogen functional groups attached to an aromatic ring is 1. The van der Waals surface area contributed by atoms with Crippen LogP contribution in [-0.2, 0) is 6.54 Å². The number of unbranched alkanes of at least 4 members (excludes halogenated alkanes) is 2. The van der Waals surface area contributed by atoms with Gasteiger partial charge in [-0.3, -0.25) is 19.1 Å². The van der Waals surface area contributed by atoms with Crippen molar-refractivity contribution in [2.24, 2.45) is 0 Å². The summed E-state index contributed by atoms with van der Waals surface area (Å²) in [7, 11) is 0. The number of hydrogen-bond acceptors (Lipinski definition) is 4. The second kappa shape index (κ2) is 10.6. The molecule has 0 fully saturated rings. The molecule has 3 rings (SSSR count). The van der Waals surface area contributed by atoms with Crippen LogP contribution >= 0.6 is 0 Å². The predicted octanol–water partition coefficient (Wildman–Crippen LogP) is 4.03. The summed E-state index contributed by atoms with van der Waals surface area (Å²) >= 11 is 0. The van der Waals surface area contributed by atoms with E-state index in [0.29, 0.717) is 25.1 Å². The van der Waals surface area contributed by atoms with Crippen LogP contribution in [0.2, 0.25) is 0 Å². The SMILES string of the molecule is CCCCN(C(=O)c1ccc(-c2ccccc2)cc1)c1c(N)n(CCCC)c(=O)[nH]c1=O.